The molecule has 0 radical (unpaired) electrons. The number of ether oxygens (including phenoxy) is 2. The fourth-order valence-corrected chi connectivity index (χ4v) is 2.21. The number of nitriles is 1. The number of rotatable bonds is 6. The van der Waals surface area contributed by atoms with Gasteiger partial charge < -0.3 is 14.8 Å². The van der Waals surface area contributed by atoms with E-state index in [1.165, 1.54) is 31.4 Å². The highest BCUT2D eigenvalue weighted by Crippen LogP contribution is 2.27. The molecule has 1 N–H and O–H groups in total. The number of hydrogen-bond acceptors (Lipinski definition) is 4. The average Bonchev–Trinajstić information content (AvgIpc) is 2.59. The van der Waals surface area contributed by atoms with Gasteiger partial charge in [0.25, 0.3) is 5.91 Å². The summed E-state index contributed by atoms with van der Waals surface area (Å²) in [7, 11) is 1.42. The number of carbonyl (C=O) groups is 1. The van der Waals surface area contributed by atoms with Crippen LogP contribution in [0.2, 0.25) is 0 Å². The summed E-state index contributed by atoms with van der Waals surface area (Å²) in [5, 5.41) is 11.4. The van der Waals surface area contributed by atoms with E-state index in [4.69, 9.17) is 14.7 Å². The molecule has 25 heavy (non-hydrogen) atoms. The maximum atomic E-state index is 13.7. The minimum absolute atomic E-state index is 0.172. The molecule has 0 fully saturated rings. The first-order chi connectivity index (χ1) is 11.9. The molecule has 0 unspecified atom stereocenters. The number of methoxy groups -OCH3 is 1. The van der Waals surface area contributed by atoms with Gasteiger partial charge in [-0.15, -0.1) is 0 Å². The van der Waals surface area contributed by atoms with Crippen LogP contribution >= 0.6 is 0 Å². The molecule has 0 heterocycles. The molecular weight excluding hydrogens is 330 g/mol. The van der Waals surface area contributed by atoms with Crippen molar-refractivity contribution in [1.82, 2.24) is 5.32 Å². The van der Waals surface area contributed by atoms with Gasteiger partial charge >= 0.3 is 0 Å². The van der Waals surface area contributed by atoms with Crippen molar-refractivity contribution in [3.8, 4) is 17.6 Å². The molecule has 2 aromatic carbocycles. The Hall–Kier alpha value is -3.14. The van der Waals surface area contributed by atoms with Gasteiger partial charge in [-0.2, -0.15) is 5.26 Å². The van der Waals surface area contributed by atoms with Crippen LogP contribution in [0, 0.1) is 23.0 Å². The number of benzene rings is 2. The van der Waals surface area contributed by atoms with Crippen molar-refractivity contribution in [2.45, 2.75) is 13.0 Å². The molecule has 2 rings (SSSR count). The van der Waals surface area contributed by atoms with Crippen LogP contribution in [0.3, 0.4) is 0 Å². The Morgan fingerprint density at radius 1 is 1.24 bits per heavy atom. The quantitative estimate of drug-likeness (QED) is 0.872. The first-order valence-electron chi connectivity index (χ1n) is 7.40. The summed E-state index contributed by atoms with van der Waals surface area (Å²) < 4.78 is 37.1. The second kappa shape index (κ2) is 8.11. The number of hydrogen-bond donors (Lipinski definition) is 1. The summed E-state index contributed by atoms with van der Waals surface area (Å²) in [5.74, 6) is -1.28. The third kappa shape index (κ3) is 4.67. The van der Waals surface area contributed by atoms with E-state index in [2.05, 4.69) is 5.32 Å². The fraction of sp³-hybridized carbons (Fsp3) is 0.222. The lowest BCUT2D eigenvalue weighted by atomic mass is 10.1. The number of nitrogens with one attached hydrogen (secondary N) is 1. The Labute approximate surface area is 143 Å². The summed E-state index contributed by atoms with van der Waals surface area (Å²) in [6.07, 6.45) is 0. The molecule has 1 atom stereocenters. The van der Waals surface area contributed by atoms with Crippen molar-refractivity contribution in [3.63, 3.8) is 0 Å². The molecule has 1 amide bonds. The van der Waals surface area contributed by atoms with Gasteiger partial charge in [0.05, 0.1) is 24.8 Å². The normalized spacial score (nSPS) is 11.3. The van der Waals surface area contributed by atoms with Gasteiger partial charge in [0.2, 0.25) is 0 Å². The summed E-state index contributed by atoms with van der Waals surface area (Å²) in [6.45, 7) is 1.26. The van der Waals surface area contributed by atoms with Crippen molar-refractivity contribution in [3.05, 3.63) is 59.2 Å². The molecule has 0 bridgehead atoms. The third-order valence-corrected chi connectivity index (χ3v) is 3.46. The predicted molar refractivity (Wildman–Crippen MR) is 86.1 cm³/mol. The van der Waals surface area contributed by atoms with Crippen molar-refractivity contribution < 1.29 is 23.0 Å². The smallest absolute Gasteiger partial charge is 0.258 e. The van der Waals surface area contributed by atoms with Crippen LogP contribution in [0.25, 0.3) is 0 Å². The maximum absolute atomic E-state index is 13.7. The van der Waals surface area contributed by atoms with Crippen LogP contribution in [0.4, 0.5) is 8.78 Å². The van der Waals surface area contributed by atoms with Crippen LogP contribution in [-0.4, -0.2) is 19.6 Å². The lowest BCUT2D eigenvalue weighted by Crippen LogP contribution is -2.31. The van der Waals surface area contributed by atoms with Gasteiger partial charge in [-0.05, 0) is 25.1 Å². The highest BCUT2D eigenvalue weighted by Gasteiger charge is 2.15. The SMILES string of the molecule is COc1cc(C#N)ccc1OCC(=O)N[C@H](C)c1ccc(F)cc1F. The van der Waals surface area contributed by atoms with Crippen molar-refractivity contribution in [2.24, 2.45) is 0 Å². The first-order valence-corrected chi connectivity index (χ1v) is 7.40. The number of nitrogens with zero attached hydrogens (tertiary/aromatic N) is 1. The van der Waals surface area contributed by atoms with Gasteiger partial charge in [-0.3, -0.25) is 4.79 Å². The van der Waals surface area contributed by atoms with Crippen molar-refractivity contribution in [2.75, 3.05) is 13.7 Å². The zero-order valence-electron chi connectivity index (χ0n) is 13.7. The lowest BCUT2D eigenvalue weighted by molar-refractivity contribution is -0.123. The molecule has 2 aromatic rings. The molecule has 0 saturated heterocycles. The molecule has 5 nitrogen and oxygen atoms in total. The lowest BCUT2D eigenvalue weighted by Gasteiger charge is -2.16. The summed E-state index contributed by atoms with van der Waals surface area (Å²) >= 11 is 0. The van der Waals surface area contributed by atoms with Crippen LogP contribution in [0.15, 0.2) is 36.4 Å². The van der Waals surface area contributed by atoms with Crippen LogP contribution in [0.1, 0.15) is 24.1 Å². The number of carbonyl (C=O) groups excluding carboxylic acids is 1. The van der Waals surface area contributed by atoms with Crippen LogP contribution < -0.4 is 14.8 Å². The summed E-state index contributed by atoms with van der Waals surface area (Å²) in [4.78, 5) is 12.0. The summed E-state index contributed by atoms with van der Waals surface area (Å²) in [5.41, 5.74) is 0.569. The van der Waals surface area contributed by atoms with Gasteiger partial charge in [-0.25, -0.2) is 8.78 Å². The second-order valence-corrected chi connectivity index (χ2v) is 5.22. The Bertz CT molecular complexity index is 818. The summed E-state index contributed by atoms with van der Waals surface area (Å²) in [6, 6.07) is 9.02. The third-order valence-electron chi connectivity index (χ3n) is 3.46. The van der Waals surface area contributed by atoms with E-state index in [0.29, 0.717) is 17.1 Å². The number of halogens is 2. The molecule has 0 spiro atoms. The van der Waals surface area contributed by atoms with Crippen molar-refractivity contribution >= 4 is 5.91 Å². The van der Waals surface area contributed by atoms with E-state index in [1.807, 2.05) is 6.07 Å². The van der Waals surface area contributed by atoms with E-state index in [0.717, 1.165) is 12.1 Å². The molecule has 130 valence electrons. The highest BCUT2D eigenvalue weighted by molar-refractivity contribution is 5.78. The topological polar surface area (TPSA) is 71.3 Å². The van der Waals surface area contributed by atoms with Crippen LogP contribution in [-0.2, 0) is 4.79 Å². The van der Waals surface area contributed by atoms with Gasteiger partial charge in [0.15, 0.2) is 18.1 Å². The fourth-order valence-electron chi connectivity index (χ4n) is 2.21. The van der Waals surface area contributed by atoms with E-state index in [9.17, 15) is 13.6 Å². The Kier molecular flexibility index (Phi) is 5.90. The number of amides is 1. The van der Waals surface area contributed by atoms with E-state index in [1.54, 1.807) is 6.92 Å². The Morgan fingerprint density at radius 3 is 2.64 bits per heavy atom. The molecular formula is C18H16F2N2O3. The largest absolute Gasteiger partial charge is 0.493 e. The maximum Gasteiger partial charge on any atom is 0.258 e. The monoisotopic (exact) mass is 346 g/mol. The zero-order valence-corrected chi connectivity index (χ0v) is 13.7. The Balaban J connectivity index is 1.98. The van der Waals surface area contributed by atoms with E-state index >= 15 is 0 Å². The zero-order chi connectivity index (χ0) is 18.4. The first kappa shape index (κ1) is 18.2. The van der Waals surface area contributed by atoms with Gasteiger partial charge in [0.1, 0.15) is 11.6 Å². The minimum Gasteiger partial charge on any atom is -0.493 e. The average molecular weight is 346 g/mol. The van der Waals surface area contributed by atoms with Gasteiger partial charge in [-0.1, -0.05) is 6.07 Å². The molecule has 0 aliphatic rings. The van der Waals surface area contributed by atoms with E-state index in [-0.39, 0.29) is 12.2 Å². The molecule has 0 aromatic heterocycles. The molecule has 7 heteroatoms. The van der Waals surface area contributed by atoms with Gasteiger partial charge in [0, 0.05) is 17.7 Å². The standard InChI is InChI=1S/C18H16F2N2O3/c1-11(14-5-4-13(19)8-15(14)20)22-18(23)10-25-16-6-3-12(9-21)7-17(16)24-2/h3-8,11H,10H2,1-2H3,(H,22,23)/t11-/m1/s1. The minimum atomic E-state index is -0.734. The Morgan fingerprint density at radius 2 is 2.00 bits per heavy atom. The van der Waals surface area contributed by atoms with Crippen molar-refractivity contribution in [1.29, 1.82) is 5.26 Å². The molecule has 0 saturated carbocycles. The molecule has 0 aliphatic carbocycles. The van der Waals surface area contributed by atoms with E-state index < -0.39 is 23.6 Å². The second-order valence-electron chi connectivity index (χ2n) is 5.22. The highest BCUT2D eigenvalue weighted by atomic mass is 19.1. The molecule has 0 aliphatic heterocycles. The van der Waals surface area contributed by atoms with Crippen LogP contribution in [0.5, 0.6) is 11.5 Å². The predicted octanol–water partition coefficient (Wildman–Crippen LogP) is 3.10.